The molecule has 7 nitrogen and oxygen atoms in total. The molecule has 1 aromatic heterocycles. The predicted molar refractivity (Wildman–Crippen MR) is 83.9 cm³/mol. The third-order valence-corrected chi connectivity index (χ3v) is 5.34. The number of morpholine rings is 1. The van der Waals surface area contributed by atoms with E-state index in [9.17, 15) is 4.79 Å². The maximum Gasteiger partial charge on any atom is 0.227 e. The first kappa shape index (κ1) is 15.1. The normalized spacial score (nSPS) is 28.8. The highest BCUT2D eigenvalue weighted by molar-refractivity contribution is 5.79. The second-order valence-corrected chi connectivity index (χ2v) is 6.85. The topological polar surface area (TPSA) is 63.5 Å². The Labute approximate surface area is 136 Å². The Balaban J connectivity index is 1.35. The number of carbonyl (C=O) groups excluding carboxylic acids is 1. The van der Waals surface area contributed by atoms with E-state index in [1.54, 1.807) is 6.33 Å². The number of aryl methyl sites for hydroxylation is 1. The van der Waals surface area contributed by atoms with Crippen LogP contribution in [0.4, 0.5) is 0 Å². The summed E-state index contributed by atoms with van der Waals surface area (Å²) in [4.78, 5) is 21.5. The van der Waals surface area contributed by atoms with Gasteiger partial charge >= 0.3 is 0 Å². The summed E-state index contributed by atoms with van der Waals surface area (Å²) in [5, 5.41) is 4.36. The van der Waals surface area contributed by atoms with Crippen molar-refractivity contribution in [1.82, 2.24) is 24.6 Å². The van der Waals surface area contributed by atoms with E-state index in [2.05, 4.69) is 19.7 Å². The fraction of sp³-hybridized carbons (Fsp3) is 0.812. The number of aromatic nitrogens is 3. The predicted octanol–water partition coefficient (Wildman–Crippen LogP) is 0.336. The molecule has 3 aliphatic rings. The molecule has 0 aromatic carbocycles. The molecule has 1 aromatic rings. The summed E-state index contributed by atoms with van der Waals surface area (Å²) in [6, 6.07) is 0.421. The average molecular weight is 319 g/mol. The summed E-state index contributed by atoms with van der Waals surface area (Å²) in [6.07, 6.45) is 5.93. The van der Waals surface area contributed by atoms with Gasteiger partial charge in [-0.3, -0.25) is 4.79 Å². The number of carbonyl (C=O) groups is 1. The second kappa shape index (κ2) is 6.57. The smallest absolute Gasteiger partial charge is 0.227 e. The number of amides is 1. The van der Waals surface area contributed by atoms with Crippen LogP contribution < -0.4 is 0 Å². The van der Waals surface area contributed by atoms with Crippen molar-refractivity contribution in [2.45, 2.75) is 31.7 Å². The van der Waals surface area contributed by atoms with Gasteiger partial charge in [-0.2, -0.15) is 5.10 Å². The Morgan fingerprint density at radius 1 is 1.26 bits per heavy atom. The molecule has 4 heterocycles. The van der Waals surface area contributed by atoms with Crippen LogP contribution in [0, 0.1) is 5.92 Å². The van der Waals surface area contributed by atoms with Crippen molar-refractivity contribution in [2.75, 3.05) is 45.9 Å². The molecule has 0 radical (unpaired) electrons. The van der Waals surface area contributed by atoms with E-state index in [1.807, 2.05) is 4.90 Å². The van der Waals surface area contributed by atoms with Gasteiger partial charge in [0.05, 0.1) is 25.2 Å². The van der Waals surface area contributed by atoms with Gasteiger partial charge in [-0.25, -0.2) is 9.67 Å². The first-order valence-electron chi connectivity index (χ1n) is 8.78. The van der Waals surface area contributed by atoms with E-state index >= 15 is 0 Å². The van der Waals surface area contributed by atoms with Gasteiger partial charge in [0, 0.05) is 32.6 Å². The summed E-state index contributed by atoms with van der Waals surface area (Å²) in [7, 11) is 0. The largest absolute Gasteiger partial charge is 0.378 e. The van der Waals surface area contributed by atoms with E-state index in [0.29, 0.717) is 25.2 Å². The molecule has 2 saturated heterocycles. The van der Waals surface area contributed by atoms with Crippen LogP contribution in [0.3, 0.4) is 0 Å². The molecular formula is C16H25N5O2. The van der Waals surface area contributed by atoms with Crippen molar-refractivity contribution in [3.8, 4) is 0 Å². The van der Waals surface area contributed by atoms with Crippen LogP contribution in [0.25, 0.3) is 0 Å². The number of hydrogen-bond acceptors (Lipinski definition) is 5. The maximum atomic E-state index is 12.7. The van der Waals surface area contributed by atoms with Crippen molar-refractivity contribution < 1.29 is 9.53 Å². The fourth-order valence-electron chi connectivity index (χ4n) is 4.11. The molecule has 2 atom stereocenters. The number of ether oxygens (including phenoxy) is 1. The number of fused-ring (bicyclic) bond motifs is 1. The van der Waals surface area contributed by atoms with Crippen LogP contribution in [0.5, 0.6) is 0 Å². The minimum absolute atomic E-state index is 0.151. The van der Waals surface area contributed by atoms with Crippen molar-refractivity contribution in [3.05, 3.63) is 12.2 Å². The summed E-state index contributed by atoms with van der Waals surface area (Å²) in [6.45, 7) is 5.83. The molecule has 0 spiro atoms. The summed E-state index contributed by atoms with van der Waals surface area (Å²) >= 11 is 0. The first-order chi connectivity index (χ1) is 11.3. The van der Waals surface area contributed by atoms with Crippen LogP contribution in [-0.2, 0) is 16.0 Å². The zero-order valence-electron chi connectivity index (χ0n) is 13.6. The SMILES string of the molecule is O=C(C1CCCN(CC2CCc3ncnn32)C1)N1CCOCC1. The minimum Gasteiger partial charge on any atom is -0.378 e. The number of nitrogens with zero attached hydrogens (tertiary/aromatic N) is 5. The molecule has 1 amide bonds. The lowest BCUT2D eigenvalue weighted by Crippen LogP contribution is -2.49. The number of rotatable bonds is 3. The van der Waals surface area contributed by atoms with E-state index in [-0.39, 0.29) is 5.92 Å². The van der Waals surface area contributed by atoms with Crippen LogP contribution in [0.1, 0.15) is 31.1 Å². The Bertz CT molecular complexity index is 554. The Morgan fingerprint density at radius 3 is 3.00 bits per heavy atom. The van der Waals surface area contributed by atoms with Crippen molar-refractivity contribution >= 4 is 5.91 Å². The van der Waals surface area contributed by atoms with E-state index in [0.717, 1.165) is 64.2 Å². The molecular weight excluding hydrogens is 294 g/mol. The molecule has 23 heavy (non-hydrogen) atoms. The lowest BCUT2D eigenvalue weighted by Gasteiger charge is -2.37. The van der Waals surface area contributed by atoms with Crippen LogP contribution >= 0.6 is 0 Å². The van der Waals surface area contributed by atoms with Gasteiger partial charge in [-0.05, 0) is 25.8 Å². The van der Waals surface area contributed by atoms with Gasteiger partial charge in [-0.15, -0.1) is 0 Å². The summed E-state index contributed by atoms with van der Waals surface area (Å²) in [5.74, 6) is 1.58. The third-order valence-electron chi connectivity index (χ3n) is 5.34. The second-order valence-electron chi connectivity index (χ2n) is 6.85. The van der Waals surface area contributed by atoms with Crippen molar-refractivity contribution in [2.24, 2.45) is 5.92 Å². The van der Waals surface area contributed by atoms with Gasteiger partial charge in [0.1, 0.15) is 12.2 Å². The molecule has 0 saturated carbocycles. The Morgan fingerprint density at radius 2 is 2.13 bits per heavy atom. The van der Waals surface area contributed by atoms with E-state index < -0.39 is 0 Å². The van der Waals surface area contributed by atoms with E-state index in [1.165, 1.54) is 0 Å². The summed E-state index contributed by atoms with van der Waals surface area (Å²) < 4.78 is 7.43. The monoisotopic (exact) mass is 319 g/mol. The van der Waals surface area contributed by atoms with E-state index in [4.69, 9.17) is 4.74 Å². The van der Waals surface area contributed by atoms with Crippen molar-refractivity contribution in [1.29, 1.82) is 0 Å². The highest BCUT2D eigenvalue weighted by atomic mass is 16.5. The van der Waals surface area contributed by atoms with Gasteiger partial charge in [0.15, 0.2) is 0 Å². The fourth-order valence-corrected chi connectivity index (χ4v) is 4.11. The molecule has 7 heteroatoms. The Kier molecular flexibility index (Phi) is 4.31. The standard InChI is InChI=1S/C16H25N5O2/c22-16(20-6-8-23-9-7-20)13-2-1-5-19(10-13)11-14-3-4-15-17-12-18-21(14)15/h12-14H,1-11H2. The van der Waals surface area contributed by atoms with Gasteiger partial charge < -0.3 is 14.5 Å². The lowest BCUT2D eigenvalue weighted by atomic mass is 9.95. The zero-order chi connectivity index (χ0) is 15.6. The molecule has 126 valence electrons. The molecule has 4 rings (SSSR count). The van der Waals surface area contributed by atoms with Crippen LogP contribution in [0.2, 0.25) is 0 Å². The minimum atomic E-state index is 0.151. The number of piperidine rings is 1. The van der Waals surface area contributed by atoms with Gasteiger partial charge in [0.2, 0.25) is 5.91 Å². The molecule has 0 bridgehead atoms. The molecule has 0 aliphatic carbocycles. The third kappa shape index (κ3) is 3.12. The lowest BCUT2D eigenvalue weighted by molar-refractivity contribution is -0.141. The van der Waals surface area contributed by atoms with Gasteiger partial charge in [-0.1, -0.05) is 0 Å². The highest BCUT2D eigenvalue weighted by Gasteiger charge is 2.32. The Hall–Kier alpha value is -1.47. The quantitative estimate of drug-likeness (QED) is 0.804. The first-order valence-corrected chi connectivity index (χ1v) is 8.78. The average Bonchev–Trinajstić information content (AvgIpc) is 3.20. The zero-order valence-corrected chi connectivity index (χ0v) is 13.6. The molecule has 3 aliphatic heterocycles. The van der Waals surface area contributed by atoms with Crippen LogP contribution in [-0.4, -0.2) is 76.4 Å². The molecule has 2 unspecified atom stereocenters. The molecule has 2 fully saturated rings. The highest BCUT2D eigenvalue weighted by Crippen LogP contribution is 2.26. The number of hydrogen-bond donors (Lipinski definition) is 0. The summed E-state index contributed by atoms with van der Waals surface area (Å²) in [5.41, 5.74) is 0. The maximum absolute atomic E-state index is 12.7. The van der Waals surface area contributed by atoms with Crippen molar-refractivity contribution in [3.63, 3.8) is 0 Å². The number of likely N-dealkylation sites (tertiary alicyclic amines) is 1. The van der Waals surface area contributed by atoms with Gasteiger partial charge in [0.25, 0.3) is 0 Å². The molecule has 0 N–H and O–H groups in total. The van der Waals surface area contributed by atoms with Crippen LogP contribution in [0.15, 0.2) is 6.33 Å².